The Kier molecular flexibility index (Phi) is 4.42. The molecule has 0 spiro atoms. The monoisotopic (exact) mass is 239 g/mol. The Labute approximate surface area is 108 Å². The minimum atomic E-state index is 0.797. The molecule has 0 radical (unpaired) electrons. The van der Waals surface area contributed by atoms with Gasteiger partial charge < -0.3 is 10.1 Å². The van der Waals surface area contributed by atoms with E-state index in [0.29, 0.717) is 0 Å². The Morgan fingerprint density at radius 1 is 1.00 bits per heavy atom. The highest BCUT2D eigenvalue weighted by Crippen LogP contribution is 2.28. The number of hydrogen-bond donors (Lipinski definition) is 1. The smallest absolute Gasteiger partial charge is 0.150 e. The van der Waals surface area contributed by atoms with Gasteiger partial charge in [0.1, 0.15) is 5.75 Å². The molecule has 2 nitrogen and oxygen atoms in total. The van der Waals surface area contributed by atoms with Gasteiger partial charge in [-0.05, 0) is 31.2 Å². The van der Waals surface area contributed by atoms with Crippen molar-refractivity contribution in [2.45, 2.75) is 6.92 Å². The van der Waals surface area contributed by atoms with Gasteiger partial charge in [-0.15, -0.1) is 0 Å². The second-order valence-corrected chi connectivity index (χ2v) is 3.86. The summed E-state index contributed by atoms with van der Waals surface area (Å²) in [4.78, 5) is 0. The zero-order valence-corrected chi connectivity index (χ0v) is 10.5. The number of para-hydroxylation sites is 3. The standard InChI is InChI=1S/C16H17NO/c1-2-3-13-17-15-11-7-8-12-16(15)18-14-9-5-4-6-10-14/h2-12,17H,13H2,1H3/b3-2+. The molecule has 0 bridgehead atoms. The number of anilines is 1. The van der Waals surface area contributed by atoms with Gasteiger partial charge in [-0.3, -0.25) is 0 Å². The van der Waals surface area contributed by atoms with Gasteiger partial charge in [0.05, 0.1) is 5.69 Å². The highest BCUT2D eigenvalue weighted by atomic mass is 16.5. The fraction of sp³-hybridized carbons (Fsp3) is 0.125. The lowest BCUT2D eigenvalue weighted by Gasteiger charge is -2.11. The Hall–Kier alpha value is -2.22. The minimum absolute atomic E-state index is 0.797. The van der Waals surface area contributed by atoms with E-state index < -0.39 is 0 Å². The van der Waals surface area contributed by atoms with Crippen LogP contribution in [0.4, 0.5) is 5.69 Å². The summed E-state index contributed by atoms with van der Waals surface area (Å²) in [5.41, 5.74) is 0.999. The summed E-state index contributed by atoms with van der Waals surface area (Å²) in [6.45, 7) is 2.81. The van der Waals surface area contributed by atoms with Gasteiger partial charge in [0.25, 0.3) is 0 Å². The van der Waals surface area contributed by atoms with E-state index in [1.165, 1.54) is 0 Å². The van der Waals surface area contributed by atoms with Crippen LogP contribution >= 0.6 is 0 Å². The van der Waals surface area contributed by atoms with Crippen molar-refractivity contribution in [2.24, 2.45) is 0 Å². The summed E-state index contributed by atoms with van der Waals surface area (Å²) < 4.78 is 5.85. The molecule has 0 unspecified atom stereocenters. The topological polar surface area (TPSA) is 21.3 Å². The number of hydrogen-bond acceptors (Lipinski definition) is 2. The lowest BCUT2D eigenvalue weighted by atomic mass is 10.3. The first-order valence-electron chi connectivity index (χ1n) is 6.07. The average Bonchev–Trinajstić information content (AvgIpc) is 2.42. The molecule has 0 aromatic heterocycles. The first-order chi connectivity index (χ1) is 8.90. The van der Waals surface area contributed by atoms with Gasteiger partial charge >= 0.3 is 0 Å². The molecule has 1 N–H and O–H groups in total. The van der Waals surface area contributed by atoms with Crippen LogP contribution in [0.1, 0.15) is 6.92 Å². The Morgan fingerprint density at radius 2 is 1.72 bits per heavy atom. The second kappa shape index (κ2) is 6.50. The highest BCUT2D eigenvalue weighted by Gasteiger charge is 2.02. The number of allylic oxidation sites excluding steroid dienone is 1. The van der Waals surface area contributed by atoms with Crippen LogP contribution in [0.2, 0.25) is 0 Å². The van der Waals surface area contributed by atoms with Gasteiger partial charge in [0.15, 0.2) is 5.75 Å². The first-order valence-corrected chi connectivity index (χ1v) is 6.07. The lowest BCUT2D eigenvalue weighted by Crippen LogP contribution is -1.99. The number of nitrogens with one attached hydrogen (secondary N) is 1. The normalized spacial score (nSPS) is 10.5. The minimum Gasteiger partial charge on any atom is -0.455 e. The maximum atomic E-state index is 5.85. The molecule has 2 aromatic carbocycles. The molecule has 18 heavy (non-hydrogen) atoms. The summed E-state index contributed by atoms with van der Waals surface area (Å²) >= 11 is 0. The highest BCUT2D eigenvalue weighted by molar-refractivity contribution is 5.57. The molecule has 0 fully saturated rings. The number of ether oxygens (including phenoxy) is 1. The van der Waals surface area contributed by atoms with Crippen molar-refractivity contribution < 1.29 is 4.74 Å². The summed E-state index contributed by atoms with van der Waals surface area (Å²) in [5, 5.41) is 3.32. The van der Waals surface area contributed by atoms with Crippen LogP contribution < -0.4 is 10.1 Å². The van der Waals surface area contributed by atoms with E-state index in [1.54, 1.807) is 0 Å². The SMILES string of the molecule is C/C=C/CNc1ccccc1Oc1ccccc1. The summed E-state index contributed by atoms with van der Waals surface area (Å²) in [6.07, 6.45) is 4.09. The van der Waals surface area contributed by atoms with Crippen LogP contribution in [0, 0.1) is 0 Å². The van der Waals surface area contributed by atoms with E-state index in [4.69, 9.17) is 4.74 Å². The van der Waals surface area contributed by atoms with Crippen LogP contribution in [-0.4, -0.2) is 6.54 Å². The third-order valence-electron chi connectivity index (χ3n) is 2.50. The van der Waals surface area contributed by atoms with Crippen molar-refractivity contribution in [3.05, 3.63) is 66.7 Å². The fourth-order valence-electron chi connectivity index (χ4n) is 1.60. The van der Waals surface area contributed by atoms with Crippen molar-refractivity contribution in [2.75, 3.05) is 11.9 Å². The Balaban J connectivity index is 2.12. The molecule has 2 heteroatoms. The molecule has 0 saturated carbocycles. The maximum absolute atomic E-state index is 5.85. The third kappa shape index (κ3) is 3.39. The molecule has 0 saturated heterocycles. The van der Waals surface area contributed by atoms with Crippen molar-refractivity contribution in [1.29, 1.82) is 0 Å². The van der Waals surface area contributed by atoms with Crippen molar-refractivity contribution >= 4 is 5.69 Å². The molecular formula is C16H17NO. The molecule has 92 valence electrons. The van der Waals surface area contributed by atoms with E-state index in [1.807, 2.05) is 67.6 Å². The number of benzene rings is 2. The maximum Gasteiger partial charge on any atom is 0.150 e. The predicted molar refractivity (Wildman–Crippen MR) is 76.3 cm³/mol. The van der Waals surface area contributed by atoms with E-state index in [9.17, 15) is 0 Å². The van der Waals surface area contributed by atoms with Gasteiger partial charge in [-0.2, -0.15) is 0 Å². The largest absolute Gasteiger partial charge is 0.455 e. The Morgan fingerprint density at radius 3 is 2.50 bits per heavy atom. The summed E-state index contributed by atoms with van der Waals surface area (Å²) in [7, 11) is 0. The van der Waals surface area contributed by atoms with E-state index >= 15 is 0 Å². The van der Waals surface area contributed by atoms with E-state index in [-0.39, 0.29) is 0 Å². The molecule has 0 atom stereocenters. The van der Waals surface area contributed by atoms with Gasteiger partial charge in [0, 0.05) is 6.54 Å². The van der Waals surface area contributed by atoms with Crippen molar-refractivity contribution in [3.63, 3.8) is 0 Å². The van der Waals surface area contributed by atoms with Gasteiger partial charge in [0.2, 0.25) is 0 Å². The Bertz CT molecular complexity index is 506. The van der Waals surface area contributed by atoms with E-state index in [2.05, 4.69) is 11.4 Å². The van der Waals surface area contributed by atoms with Crippen LogP contribution in [0.3, 0.4) is 0 Å². The second-order valence-electron chi connectivity index (χ2n) is 3.86. The van der Waals surface area contributed by atoms with Crippen molar-refractivity contribution in [3.8, 4) is 11.5 Å². The van der Waals surface area contributed by atoms with Crippen LogP contribution in [0.25, 0.3) is 0 Å². The van der Waals surface area contributed by atoms with Crippen LogP contribution in [-0.2, 0) is 0 Å². The lowest BCUT2D eigenvalue weighted by molar-refractivity contribution is 0.484. The zero-order chi connectivity index (χ0) is 12.6. The molecule has 0 aliphatic rings. The summed E-state index contributed by atoms with van der Waals surface area (Å²) in [5.74, 6) is 1.69. The average molecular weight is 239 g/mol. The fourth-order valence-corrected chi connectivity index (χ4v) is 1.60. The quantitative estimate of drug-likeness (QED) is 0.777. The zero-order valence-electron chi connectivity index (χ0n) is 10.5. The van der Waals surface area contributed by atoms with Crippen LogP contribution in [0.15, 0.2) is 66.7 Å². The molecule has 0 heterocycles. The molecular weight excluding hydrogens is 222 g/mol. The number of rotatable bonds is 5. The molecule has 2 aromatic rings. The van der Waals surface area contributed by atoms with E-state index in [0.717, 1.165) is 23.7 Å². The molecule has 0 aliphatic carbocycles. The summed E-state index contributed by atoms with van der Waals surface area (Å²) in [6, 6.07) is 17.7. The van der Waals surface area contributed by atoms with Gasteiger partial charge in [-0.25, -0.2) is 0 Å². The van der Waals surface area contributed by atoms with Crippen LogP contribution in [0.5, 0.6) is 11.5 Å². The van der Waals surface area contributed by atoms with Gasteiger partial charge in [-0.1, -0.05) is 42.5 Å². The molecule has 2 rings (SSSR count). The predicted octanol–water partition coefficient (Wildman–Crippen LogP) is 4.47. The molecule has 0 aliphatic heterocycles. The third-order valence-corrected chi connectivity index (χ3v) is 2.50. The first kappa shape index (κ1) is 12.2. The molecule has 0 amide bonds. The van der Waals surface area contributed by atoms with Crippen molar-refractivity contribution in [1.82, 2.24) is 0 Å².